The largest absolute Gasteiger partial charge is 0.395 e. The zero-order valence-corrected chi connectivity index (χ0v) is 13.0. The van der Waals surface area contributed by atoms with Crippen LogP contribution < -0.4 is 10.2 Å². The third kappa shape index (κ3) is 2.87. The van der Waals surface area contributed by atoms with Gasteiger partial charge in [0.05, 0.1) is 6.61 Å². The summed E-state index contributed by atoms with van der Waals surface area (Å²) in [6, 6.07) is 0.514. The minimum atomic E-state index is 0.159. The lowest BCUT2D eigenvalue weighted by molar-refractivity contribution is 0.282. The first kappa shape index (κ1) is 15.0. The van der Waals surface area contributed by atoms with E-state index in [4.69, 9.17) is 4.98 Å². The van der Waals surface area contributed by atoms with Crippen LogP contribution in [0.5, 0.6) is 0 Å². The molecule has 2 rings (SSSR count). The lowest BCUT2D eigenvalue weighted by Crippen LogP contribution is -2.43. The predicted molar refractivity (Wildman–Crippen MR) is 82.5 cm³/mol. The summed E-state index contributed by atoms with van der Waals surface area (Å²) in [7, 11) is 1.89. The first-order valence-electron chi connectivity index (χ1n) is 7.52. The summed E-state index contributed by atoms with van der Waals surface area (Å²) in [4.78, 5) is 11.6. The van der Waals surface area contributed by atoms with Crippen LogP contribution in [-0.4, -0.2) is 41.3 Å². The monoisotopic (exact) mass is 278 g/mol. The highest BCUT2D eigenvalue weighted by Crippen LogP contribution is 2.32. The van der Waals surface area contributed by atoms with Gasteiger partial charge in [-0.2, -0.15) is 0 Å². The molecule has 20 heavy (non-hydrogen) atoms. The average Bonchev–Trinajstić information content (AvgIpc) is 2.36. The van der Waals surface area contributed by atoms with Crippen LogP contribution in [0.25, 0.3) is 0 Å². The predicted octanol–water partition coefficient (Wildman–Crippen LogP) is 2.30. The molecule has 1 aliphatic carbocycles. The molecule has 1 aromatic rings. The van der Waals surface area contributed by atoms with Crippen molar-refractivity contribution >= 4 is 11.6 Å². The fourth-order valence-corrected chi connectivity index (χ4v) is 2.57. The van der Waals surface area contributed by atoms with E-state index in [1.807, 2.05) is 14.0 Å². The molecule has 0 saturated heterocycles. The third-order valence-electron chi connectivity index (χ3n) is 4.02. The van der Waals surface area contributed by atoms with Crippen molar-refractivity contribution in [3.63, 3.8) is 0 Å². The molecule has 0 bridgehead atoms. The molecule has 0 aliphatic heterocycles. The van der Waals surface area contributed by atoms with E-state index >= 15 is 0 Å². The van der Waals surface area contributed by atoms with E-state index < -0.39 is 0 Å². The van der Waals surface area contributed by atoms with E-state index in [0.717, 1.165) is 23.0 Å². The minimum Gasteiger partial charge on any atom is -0.395 e. The first-order chi connectivity index (χ1) is 9.58. The Labute approximate surface area is 121 Å². The maximum atomic E-state index is 9.36. The van der Waals surface area contributed by atoms with Crippen molar-refractivity contribution < 1.29 is 5.11 Å². The molecule has 0 radical (unpaired) electrons. The lowest BCUT2D eigenvalue weighted by atomic mass is 9.91. The van der Waals surface area contributed by atoms with Gasteiger partial charge in [0, 0.05) is 31.1 Å². The molecule has 1 aliphatic rings. The second kappa shape index (κ2) is 6.39. The Morgan fingerprint density at radius 3 is 2.50 bits per heavy atom. The zero-order valence-electron chi connectivity index (χ0n) is 13.0. The normalized spacial score (nSPS) is 15.3. The van der Waals surface area contributed by atoms with E-state index in [1.54, 1.807) is 0 Å². The molecule has 5 heteroatoms. The number of hydrogen-bond donors (Lipinski definition) is 2. The summed E-state index contributed by atoms with van der Waals surface area (Å²) in [6.07, 6.45) is 3.65. The van der Waals surface area contributed by atoms with Crippen LogP contribution in [0.2, 0.25) is 0 Å². The zero-order chi connectivity index (χ0) is 14.7. The van der Waals surface area contributed by atoms with Gasteiger partial charge in [-0.1, -0.05) is 13.8 Å². The van der Waals surface area contributed by atoms with Gasteiger partial charge >= 0.3 is 0 Å². The van der Waals surface area contributed by atoms with Crippen LogP contribution in [0, 0.1) is 6.92 Å². The Kier molecular flexibility index (Phi) is 4.81. The van der Waals surface area contributed by atoms with Crippen LogP contribution >= 0.6 is 0 Å². The summed E-state index contributed by atoms with van der Waals surface area (Å²) in [5.41, 5.74) is 1.07. The van der Waals surface area contributed by atoms with E-state index in [9.17, 15) is 5.11 Å². The van der Waals surface area contributed by atoms with Crippen LogP contribution in [0.15, 0.2) is 0 Å². The van der Waals surface area contributed by atoms with Crippen molar-refractivity contribution in [1.82, 2.24) is 9.97 Å². The summed E-state index contributed by atoms with van der Waals surface area (Å²) in [5.74, 6) is 3.02. The van der Waals surface area contributed by atoms with Gasteiger partial charge in [-0.15, -0.1) is 0 Å². The summed E-state index contributed by atoms with van der Waals surface area (Å²) >= 11 is 0. The Hall–Kier alpha value is -1.36. The standard InChI is InChI=1S/C15H26N4O/c1-10(2)13-17-14(16-4)11(3)15(18-13)19(8-9-20)12-6-5-7-12/h10,12,20H,5-9H2,1-4H3,(H,16,17,18). The van der Waals surface area contributed by atoms with Crippen molar-refractivity contribution in [2.75, 3.05) is 30.4 Å². The van der Waals surface area contributed by atoms with Gasteiger partial charge in [0.15, 0.2) is 0 Å². The van der Waals surface area contributed by atoms with Crippen molar-refractivity contribution in [2.45, 2.75) is 52.0 Å². The molecule has 1 saturated carbocycles. The highest BCUT2D eigenvalue weighted by Gasteiger charge is 2.28. The van der Waals surface area contributed by atoms with Crippen molar-refractivity contribution in [2.24, 2.45) is 0 Å². The SMILES string of the molecule is CNc1nc(C(C)C)nc(N(CCO)C2CCC2)c1C. The Morgan fingerprint density at radius 2 is 2.05 bits per heavy atom. The molecule has 2 N–H and O–H groups in total. The molecule has 0 unspecified atom stereocenters. The van der Waals surface area contributed by atoms with Gasteiger partial charge in [0.2, 0.25) is 0 Å². The van der Waals surface area contributed by atoms with E-state index in [-0.39, 0.29) is 6.61 Å². The molecule has 0 amide bonds. The number of aliphatic hydroxyl groups is 1. The number of nitrogens with one attached hydrogen (secondary N) is 1. The fourth-order valence-electron chi connectivity index (χ4n) is 2.57. The molecular weight excluding hydrogens is 252 g/mol. The van der Waals surface area contributed by atoms with E-state index in [1.165, 1.54) is 19.3 Å². The topological polar surface area (TPSA) is 61.3 Å². The van der Waals surface area contributed by atoms with Crippen molar-refractivity contribution in [1.29, 1.82) is 0 Å². The first-order valence-corrected chi connectivity index (χ1v) is 7.52. The Bertz CT molecular complexity index is 457. The molecule has 1 aromatic heterocycles. The fraction of sp³-hybridized carbons (Fsp3) is 0.733. The van der Waals surface area contributed by atoms with Crippen LogP contribution in [0.3, 0.4) is 0 Å². The number of rotatable bonds is 6. The molecule has 0 aromatic carbocycles. The van der Waals surface area contributed by atoms with Crippen LogP contribution in [-0.2, 0) is 0 Å². The Morgan fingerprint density at radius 1 is 1.35 bits per heavy atom. The summed E-state index contributed by atoms with van der Waals surface area (Å²) in [6.45, 7) is 7.06. The second-order valence-corrected chi connectivity index (χ2v) is 5.79. The number of anilines is 2. The molecule has 5 nitrogen and oxygen atoms in total. The van der Waals surface area contributed by atoms with Gasteiger partial charge in [0.25, 0.3) is 0 Å². The summed E-state index contributed by atoms with van der Waals surface area (Å²) < 4.78 is 0. The van der Waals surface area contributed by atoms with Gasteiger partial charge in [-0.05, 0) is 26.2 Å². The Balaban J connectivity index is 2.42. The summed E-state index contributed by atoms with van der Waals surface area (Å²) in [5, 5.41) is 12.5. The number of nitrogens with zero attached hydrogens (tertiary/aromatic N) is 3. The van der Waals surface area contributed by atoms with Crippen LogP contribution in [0.1, 0.15) is 50.4 Å². The average molecular weight is 278 g/mol. The minimum absolute atomic E-state index is 0.159. The molecule has 0 spiro atoms. The maximum absolute atomic E-state index is 9.36. The third-order valence-corrected chi connectivity index (χ3v) is 4.02. The van der Waals surface area contributed by atoms with Gasteiger partial charge < -0.3 is 15.3 Å². The van der Waals surface area contributed by atoms with Gasteiger partial charge in [-0.25, -0.2) is 9.97 Å². The molecule has 1 heterocycles. The number of aliphatic hydroxyl groups excluding tert-OH is 1. The smallest absolute Gasteiger partial charge is 0.137 e. The molecule has 1 fully saturated rings. The molecular formula is C15H26N4O. The number of aromatic nitrogens is 2. The quantitative estimate of drug-likeness (QED) is 0.836. The van der Waals surface area contributed by atoms with E-state index in [0.29, 0.717) is 18.5 Å². The second-order valence-electron chi connectivity index (χ2n) is 5.79. The van der Waals surface area contributed by atoms with Gasteiger partial charge in [0.1, 0.15) is 17.5 Å². The molecule has 112 valence electrons. The highest BCUT2D eigenvalue weighted by molar-refractivity contribution is 5.59. The van der Waals surface area contributed by atoms with Crippen molar-refractivity contribution in [3.8, 4) is 0 Å². The van der Waals surface area contributed by atoms with Gasteiger partial charge in [-0.3, -0.25) is 0 Å². The maximum Gasteiger partial charge on any atom is 0.137 e. The number of hydrogen-bond acceptors (Lipinski definition) is 5. The van der Waals surface area contributed by atoms with Crippen molar-refractivity contribution in [3.05, 3.63) is 11.4 Å². The van der Waals surface area contributed by atoms with E-state index in [2.05, 4.69) is 29.0 Å². The molecule has 0 atom stereocenters. The highest BCUT2D eigenvalue weighted by atomic mass is 16.3. The van der Waals surface area contributed by atoms with Crippen LogP contribution in [0.4, 0.5) is 11.6 Å². The lowest BCUT2D eigenvalue weighted by Gasteiger charge is -2.39.